The number of amides is 1. The molecule has 0 bridgehead atoms. The average Bonchev–Trinajstić information content (AvgIpc) is 3.07. The standard InChI is InChI=1S/C21H20N2O3S/c1-11(2)18(24)16-10-22-21-15(19(16)25)9-17(27-21)13-5-7-14(8-6-13)23-20(26)12(3)4/h5-10,12,17H,1H2,2-4H3,(H,23,26). The molecule has 1 aromatic carbocycles. The van der Waals surface area contributed by atoms with Crippen molar-refractivity contribution in [3.05, 3.63) is 65.4 Å². The van der Waals surface area contributed by atoms with Gasteiger partial charge in [0.15, 0.2) is 5.78 Å². The van der Waals surface area contributed by atoms with Crippen molar-refractivity contribution in [3.63, 3.8) is 0 Å². The van der Waals surface area contributed by atoms with Crippen LogP contribution in [0.2, 0.25) is 0 Å². The van der Waals surface area contributed by atoms with Gasteiger partial charge in [0.1, 0.15) is 5.04 Å². The Morgan fingerprint density at radius 2 is 1.89 bits per heavy atom. The lowest BCUT2D eigenvalue weighted by Gasteiger charge is -2.11. The first kappa shape index (κ1) is 19.0. The second-order valence-electron chi connectivity index (χ2n) is 6.80. The number of aliphatic imine (C=N–C) groups is 1. The molecule has 2 aliphatic rings. The molecule has 0 fully saturated rings. The van der Waals surface area contributed by atoms with E-state index in [1.807, 2.05) is 44.2 Å². The van der Waals surface area contributed by atoms with Crippen LogP contribution in [-0.2, 0) is 14.4 Å². The summed E-state index contributed by atoms with van der Waals surface area (Å²) in [5.74, 6) is -0.798. The summed E-state index contributed by atoms with van der Waals surface area (Å²) in [6, 6.07) is 7.52. The fraction of sp³-hybridized carbons (Fsp3) is 0.238. The minimum absolute atomic E-state index is 0.0353. The van der Waals surface area contributed by atoms with Gasteiger partial charge in [0.2, 0.25) is 11.7 Å². The number of benzene rings is 1. The molecule has 1 aromatic rings. The predicted molar refractivity (Wildman–Crippen MR) is 109 cm³/mol. The summed E-state index contributed by atoms with van der Waals surface area (Å²) < 4.78 is 0. The maximum Gasteiger partial charge on any atom is 0.226 e. The van der Waals surface area contributed by atoms with E-state index in [0.717, 1.165) is 11.3 Å². The number of carbonyl (C=O) groups is 3. The largest absolute Gasteiger partial charge is 0.326 e. The lowest BCUT2D eigenvalue weighted by molar-refractivity contribution is -0.119. The highest BCUT2D eigenvalue weighted by molar-refractivity contribution is 8.15. The second kappa shape index (κ2) is 7.48. The molecule has 0 aromatic heterocycles. The van der Waals surface area contributed by atoms with Crippen molar-refractivity contribution in [2.24, 2.45) is 10.9 Å². The molecule has 27 heavy (non-hydrogen) atoms. The number of hydrogen-bond acceptors (Lipinski definition) is 5. The maximum atomic E-state index is 12.6. The lowest BCUT2D eigenvalue weighted by atomic mass is 9.95. The number of allylic oxidation sites excluding steroid dienone is 2. The number of hydrogen-bond donors (Lipinski definition) is 1. The van der Waals surface area contributed by atoms with Crippen LogP contribution < -0.4 is 5.32 Å². The zero-order chi connectivity index (χ0) is 19.7. The number of rotatable bonds is 5. The maximum absolute atomic E-state index is 12.6. The number of carbonyl (C=O) groups excluding carboxylic acids is 3. The SMILES string of the molecule is C=C(C)C(=O)C1=CN=C2SC(c3ccc(NC(=O)C(C)C)cc3)C=C2C1=O. The molecule has 3 rings (SSSR count). The van der Waals surface area contributed by atoms with Crippen LogP contribution in [0.3, 0.4) is 0 Å². The Hall–Kier alpha value is -2.73. The Labute approximate surface area is 162 Å². The van der Waals surface area contributed by atoms with Gasteiger partial charge in [0.05, 0.1) is 16.4 Å². The van der Waals surface area contributed by atoms with Crippen LogP contribution in [0.4, 0.5) is 5.69 Å². The van der Waals surface area contributed by atoms with Crippen LogP contribution in [-0.4, -0.2) is 22.5 Å². The van der Waals surface area contributed by atoms with E-state index in [2.05, 4.69) is 16.9 Å². The lowest BCUT2D eigenvalue weighted by Crippen LogP contribution is -2.20. The second-order valence-corrected chi connectivity index (χ2v) is 7.93. The number of ketones is 2. The van der Waals surface area contributed by atoms with Crippen LogP contribution >= 0.6 is 11.8 Å². The number of nitrogens with one attached hydrogen (secondary N) is 1. The van der Waals surface area contributed by atoms with Crippen molar-refractivity contribution in [2.75, 3.05) is 5.32 Å². The zero-order valence-corrected chi connectivity index (χ0v) is 16.2. The van der Waals surface area contributed by atoms with Crippen LogP contribution in [0.15, 0.2) is 64.8 Å². The number of anilines is 1. The van der Waals surface area contributed by atoms with Crippen LogP contribution in [0, 0.1) is 5.92 Å². The Kier molecular flexibility index (Phi) is 5.28. The van der Waals surface area contributed by atoms with Crippen molar-refractivity contribution >= 4 is 40.0 Å². The molecular weight excluding hydrogens is 360 g/mol. The minimum Gasteiger partial charge on any atom is -0.326 e. The molecule has 0 saturated carbocycles. The summed E-state index contributed by atoms with van der Waals surface area (Å²) in [7, 11) is 0. The Morgan fingerprint density at radius 1 is 1.22 bits per heavy atom. The van der Waals surface area contributed by atoms with Crippen molar-refractivity contribution in [1.29, 1.82) is 0 Å². The van der Waals surface area contributed by atoms with Gasteiger partial charge in [-0.25, -0.2) is 4.99 Å². The van der Waals surface area contributed by atoms with E-state index in [1.165, 1.54) is 18.0 Å². The fourth-order valence-electron chi connectivity index (χ4n) is 2.64. The molecule has 0 saturated heterocycles. The van der Waals surface area contributed by atoms with E-state index in [9.17, 15) is 14.4 Å². The molecule has 138 valence electrons. The van der Waals surface area contributed by atoms with E-state index >= 15 is 0 Å². The summed E-state index contributed by atoms with van der Waals surface area (Å²) >= 11 is 1.47. The molecule has 1 unspecified atom stereocenters. The Balaban J connectivity index is 1.78. The summed E-state index contributed by atoms with van der Waals surface area (Å²) in [4.78, 5) is 40.8. The van der Waals surface area contributed by atoms with Gasteiger partial charge in [0, 0.05) is 17.8 Å². The first-order chi connectivity index (χ1) is 12.8. The zero-order valence-electron chi connectivity index (χ0n) is 15.4. The molecule has 2 aliphatic heterocycles. The molecule has 0 radical (unpaired) electrons. The summed E-state index contributed by atoms with van der Waals surface area (Å²) in [6.45, 7) is 8.86. The molecule has 5 nitrogen and oxygen atoms in total. The van der Waals surface area contributed by atoms with Gasteiger partial charge < -0.3 is 5.32 Å². The average molecular weight is 380 g/mol. The molecule has 0 spiro atoms. The monoisotopic (exact) mass is 380 g/mol. The topological polar surface area (TPSA) is 75.6 Å². The number of fused-ring (bicyclic) bond motifs is 1. The smallest absolute Gasteiger partial charge is 0.226 e. The van der Waals surface area contributed by atoms with Gasteiger partial charge in [-0.1, -0.05) is 50.4 Å². The van der Waals surface area contributed by atoms with Gasteiger partial charge in [-0.3, -0.25) is 14.4 Å². The van der Waals surface area contributed by atoms with Gasteiger partial charge >= 0.3 is 0 Å². The molecule has 2 heterocycles. The van der Waals surface area contributed by atoms with Gasteiger partial charge in [-0.05, 0) is 30.2 Å². The first-order valence-corrected chi connectivity index (χ1v) is 9.48. The van der Waals surface area contributed by atoms with Gasteiger partial charge in [-0.15, -0.1) is 0 Å². The van der Waals surface area contributed by atoms with Crippen molar-refractivity contribution < 1.29 is 14.4 Å². The molecule has 1 atom stereocenters. The molecule has 6 heteroatoms. The number of nitrogens with zero attached hydrogens (tertiary/aromatic N) is 1. The first-order valence-electron chi connectivity index (χ1n) is 8.60. The third kappa shape index (κ3) is 3.85. The van der Waals surface area contributed by atoms with Crippen molar-refractivity contribution in [3.8, 4) is 0 Å². The van der Waals surface area contributed by atoms with E-state index in [-0.39, 0.29) is 34.2 Å². The minimum atomic E-state index is -0.373. The highest BCUT2D eigenvalue weighted by Crippen LogP contribution is 2.43. The van der Waals surface area contributed by atoms with Gasteiger partial charge in [0.25, 0.3) is 0 Å². The van der Waals surface area contributed by atoms with Crippen molar-refractivity contribution in [1.82, 2.24) is 0 Å². The highest BCUT2D eigenvalue weighted by Gasteiger charge is 2.34. The quantitative estimate of drug-likeness (QED) is 0.619. The van der Waals surface area contributed by atoms with Crippen LogP contribution in [0.25, 0.3) is 0 Å². The molecule has 1 N–H and O–H groups in total. The summed E-state index contributed by atoms with van der Waals surface area (Å²) in [5.41, 5.74) is 2.57. The van der Waals surface area contributed by atoms with Crippen molar-refractivity contribution in [2.45, 2.75) is 26.0 Å². The van der Waals surface area contributed by atoms with E-state index in [1.54, 1.807) is 6.92 Å². The van der Waals surface area contributed by atoms with Crippen LogP contribution in [0.1, 0.15) is 31.6 Å². The van der Waals surface area contributed by atoms with Gasteiger partial charge in [-0.2, -0.15) is 0 Å². The number of thioether (sulfide) groups is 1. The third-order valence-corrected chi connectivity index (χ3v) is 5.46. The number of Topliss-reactive ketones (excluding diaryl/α,β-unsaturated/α-hetero) is 2. The Morgan fingerprint density at radius 3 is 2.48 bits per heavy atom. The predicted octanol–water partition coefficient (Wildman–Crippen LogP) is 4.01. The Bertz CT molecular complexity index is 937. The molecule has 1 amide bonds. The highest BCUT2D eigenvalue weighted by atomic mass is 32.2. The van der Waals surface area contributed by atoms with Crippen LogP contribution in [0.5, 0.6) is 0 Å². The van der Waals surface area contributed by atoms with E-state index in [0.29, 0.717) is 16.2 Å². The van der Waals surface area contributed by atoms with E-state index in [4.69, 9.17) is 0 Å². The normalized spacial score (nSPS) is 18.4. The van der Waals surface area contributed by atoms with E-state index < -0.39 is 0 Å². The summed E-state index contributed by atoms with van der Waals surface area (Å²) in [6.07, 6.45) is 3.18. The summed E-state index contributed by atoms with van der Waals surface area (Å²) in [5, 5.41) is 3.41. The molecular formula is C21H20N2O3S. The fourth-order valence-corrected chi connectivity index (χ4v) is 3.78. The molecule has 0 aliphatic carbocycles. The third-order valence-electron chi connectivity index (χ3n) is 4.25.